The number of aliphatic hydroxyl groups excluding tert-OH is 1. The topological polar surface area (TPSA) is 64.3 Å². The Hall–Kier alpha value is -1.36. The van der Waals surface area contributed by atoms with E-state index in [-0.39, 0.29) is 0 Å². The van der Waals surface area contributed by atoms with Gasteiger partial charge < -0.3 is 9.84 Å². The highest BCUT2D eigenvalue weighted by Gasteiger charge is 2.36. The zero-order valence-corrected chi connectivity index (χ0v) is 9.39. The molecule has 1 N–H and O–H groups in total. The van der Waals surface area contributed by atoms with E-state index in [2.05, 4.69) is 9.84 Å². The predicted octanol–water partition coefficient (Wildman–Crippen LogP) is 0.232. The third kappa shape index (κ3) is 2.18. The molecule has 0 aliphatic heterocycles. The first-order valence-electron chi connectivity index (χ1n) is 4.64. The first-order chi connectivity index (χ1) is 6.89. The summed E-state index contributed by atoms with van der Waals surface area (Å²) in [6.45, 7) is 3.54. The van der Waals surface area contributed by atoms with Gasteiger partial charge in [-0.3, -0.25) is 4.68 Å². The van der Waals surface area contributed by atoms with Gasteiger partial charge in [0.2, 0.25) is 0 Å². The number of aryl methyl sites for hydroxylation is 1. The summed E-state index contributed by atoms with van der Waals surface area (Å²) in [6, 6.07) is 0. The van der Waals surface area contributed by atoms with Gasteiger partial charge in [0.15, 0.2) is 6.10 Å². The molecule has 1 aromatic rings. The number of ether oxygens (including phenoxy) is 1. The summed E-state index contributed by atoms with van der Waals surface area (Å²) in [5.41, 5.74) is 0.0874. The molecule has 0 spiro atoms. The molecule has 0 aromatic carbocycles. The SMILES string of the molecule is COC(=O)C(O)C(C)(C)c1cnn(C)c1. The van der Waals surface area contributed by atoms with Crippen LogP contribution in [0.3, 0.4) is 0 Å². The maximum Gasteiger partial charge on any atom is 0.335 e. The minimum absolute atomic E-state index is 0.635. The summed E-state index contributed by atoms with van der Waals surface area (Å²) >= 11 is 0. The average molecular weight is 212 g/mol. The molecule has 1 atom stereocenters. The number of aromatic nitrogens is 2. The smallest absolute Gasteiger partial charge is 0.335 e. The van der Waals surface area contributed by atoms with Gasteiger partial charge in [-0.2, -0.15) is 5.10 Å². The van der Waals surface area contributed by atoms with Crippen molar-refractivity contribution < 1.29 is 14.6 Å². The summed E-state index contributed by atoms with van der Waals surface area (Å²) in [7, 11) is 3.04. The minimum atomic E-state index is -1.19. The van der Waals surface area contributed by atoms with Gasteiger partial charge in [-0.05, 0) is 5.56 Å². The standard InChI is InChI=1S/C10H16N2O3/c1-10(2,8(13)9(14)15-4)7-5-11-12(3)6-7/h5-6,8,13H,1-4H3. The number of carbonyl (C=O) groups excluding carboxylic acids is 1. The molecular weight excluding hydrogens is 196 g/mol. The van der Waals surface area contributed by atoms with Crippen LogP contribution >= 0.6 is 0 Å². The Morgan fingerprint density at radius 2 is 2.27 bits per heavy atom. The second kappa shape index (κ2) is 4.02. The first-order valence-corrected chi connectivity index (χ1v) is 4.64. The molecule has 0 amide bonds. The van der Waals surface area contributed by atoms with E-state index in [1.165, 1.54) is 7.11 Å². The monoisotopic (exact) mass is 212 g/mol. The zero-order chi connectivity index (χ0) is 11.6. The third-order valence-electron chi connectivity index (χ3n) is 2.56. The fourth-order valence-corrected chi connectivity index (χ4v) is 1.32. The van der Waals surface area contributed by atoms with Gasteiger partial charge in [-0.25, -0.2) is 4.79 Å². The molecule has 5 nitrogen and oxygen atoms in total. The van der Waals surface area contributed by atoms with Gasteiger partial charge in [0, 0.05) is 18.7 Å². The number of hydrogen-bond acceptors (Lipinski definition) is 4. The van der Waals surface area contributed by atoms with E-state index in [1.54, 1.807) is 38.0 Å². The van der Waals surface area contributed by atoms with Crippen molar-refractivity contribution in [1.82, 2.24) is 9.78 Å². The van der Waals surface area contributed by atoms with Crippen LogP contribution in [0.1, 0.15) is 19.4 Å². The normalized spacial score (nSPS) is 13.7. The van der Waals surface area contributed by atoms with Crippen molar-refractivity contribution >= 4 is 5.97 Å². The Morgan fingerprint density at radius 1 is 1.67 bits per heavy atom. The molecule has 1 heterocycles. The highest BCUT2D eigenvalue weighted by atomic mass is 16.5. The molecule has 0 saturated carbocycles. The first kappa shape index (κ1) is 11.7. The summed E-state index contributed by atoms with van der Waals surface area (Å²) in [6.07, 6.45) is 2.21. The van der Waals surface area contributed by atoms with E-state index in [0.29, 0.717) is 0 Å². The molecule has 0 saturated heterocycles. The summed E-state index contributed by atoms with van der Waals surface area (Å²) < 4.78 is 6.14. The summed E-state index contributed by atoms with van der Waals surface area (Å²) in [5.74, 6) is -0.635. The van der Waals surface area contributed by atoms with Crippen molar-refractivity contribution in [3.8, 4) is 0 Å². The van der Waals surface area contributed by atoms with Crippen LogP contribution in [0.5, 0.6) is 0 Å². The molecule has 15 heavy (non-hydrogen) atoms. The van der Waals surface area contributed by atoms with Crippen molar-refractivity contribution in [2.45, 2.75) is 25.4 Å². The minimum Gasteiger partial charge on any atom is -0.467 e. The fraction of sp³-hybridized carbons (Fsp3) is 0.600. The maximum atomic E-state index is 11.2. The quantitative estimate of drug-likeness (QED) is 0.728. The van der Waals surface area contributed by atoms with E-state index >= 15 is 0 Å². The molecule has 5 heteroatoms. The van der Waals surface area contributed by atoms with Crippen molar-refractivity contribution in [2.75, 3.05) is 7.11 Å². The Balaban J connectivity index is 2.96. The van der Waals surface area contributed by atoms with Crippen molar-refractivity contribution in [1.29, 1.82) is 0 Å². The second-order valence-corrected chi connectivity index (χ2v) is 4.05. The molecule has 0 aliphatic carbocycles. The average Bonchev–Trinajstić information content (AvgIpc) is 2.63. The molecule has 1 aromatic heterocycles. The lowest BCUT2D eigenvalue weighted by atomic mass is 9.81. The molecule has 0 fully saturated rings. The molecule has 0 aliphatic rings. The van der Waals surface area contributed by atoms with Crippen LogP contribution in [0.4, 0.5) is 0 Å². The molecule has 0 radical (unpaired) electrons. The highest BCUT2D eigenvalue weighted by Crippen LogP contribution is 2.27. The maximum absolute atomic E-state index is 11.2. The van der Waals surface area contributed by atoms with Crippen LogP contribution in [0.2, 0.25) is 0 Å². The number of aliphatic hydroxyl groups is 1. The van der Waals surface area contributed by atoms with Crippen LogP contribution in [-0.4, -0.2) is 34.1 Å². The Kier molecular flexibility index (Phi) is 3.14. The number of methoxy groups -OCH3 is 1. The highest BCUT2D eigenvalue weighted by molar-refractivity contribution is 5.76. The van der Waals surface area contributed by atoms with E-state index in [9.17, 15) is 9.90 Å². The van der Waals surface area contributed by atoms with Gasteiger partial charge >= 0.3 is 5.97 Å². The van der Waals surface area contributed by atoms with Crippen molar-refractivity contribution in [3.05, 3.63) is 18.0 Å². The third-order valence-corrected chi connectivity index (χ3v) is 2.56. The molecule has 1 rings (SSSR count). The van der Waals surface area contributed by atoms with E-state index in [0.717, 1.165) is 5.56 Å². The van der Waals surface area contributed by atoms with Crippen LogP contribution < -0.4 is 0 Å². The molecule has 0 bridgehead atoms. The Labute approximate surface area is 88.7 Å². The second-order valence-electron chi connectivity index (χ2n) is 4.05. The number of esters is 1. The number of nitrogens with zero attached hydrogens (tertiary/aromatic N) is 2. The van der Waals surface area contributed by atoms with Crippen LogP contribution in [0.15, 0.2) is 12.4 Å². The lowest BCUT2D eigenvalue weighted by molar-refractivity contribution is -0.153. The summed E-state index contributed by atoms with van der Waals surface area (Å²) in [4.78, 5) is 11.2. The van der Waals surface area contributed by atoms with Crippen LogP contribution in [0, 0.1) is 0 Å². The van der Waals surface area contributed by atoms with E-state index in [1.807, 2.05) is 0 Å². The number of rotatable bonds is 3. The summed E-state index contributed by atoms with van der Waals surface area (Å²) in [5, 5.41) is 13.8. The van der Waals surface area contributed by atoms with Gasteiger partial charge in [0.25, 0.3) is 0 Å². The zero-order valence-electron chi connectivity index (χ0n) is 9.39. The van der Waals surface area contributed by atoms with Gasteiger partial charge in [-0.15, -0.1) is 0 Å². The fourth-order valence-electron chi connectivity index (χ4n) is 1.32. The Bertz CT molecular complexity index is 357. The van der Waals surface area contributed by atoms with Gasteiger partial charge in [0.05, 0.1) is 13.3 Å². The Morgan fingerprint density at radius 3 is 2.67 bits per heavy atom. The van der Waals surface area contributed by atoms with E-state index in [4.69, 9.17) is 0 Å². The molecule has 84 valence electrons. The van der Waals surface area contributed by atoms with Crippen LogP contribution in [-0.2, 0) is 22.0 Å². The van der Waals surface area contributed by atoms with E-state index < -0.39 is 17.5 Å². The van der Waals surface area contributed by atoms with Crippen molar-refractivity contribution in [2.24, 2.45) is 7.05 Å². The molecule has 1 unspecified atom stereocenters. The number of hydrogen-bond donors (Lipinski definition) is 1. The number of carbonyl (C=O) groups is 1. The van der Waals surface area contributed by atoms with Gasteiger partial charge in [0.1, 0.15) is 0 Å². The van der Waals surface area contributed by atoms with Crippen molar-refractivity contribution in [3.63, 3.8) is 0 Å². The molecular formula is C10H16N2O3. The predicted molar refractivity (Wildman–Crippen MR) is 54.3 cm³/mol. The van der Waals surface area contributed by atoms with Crippen LogP contribution in [0.25, 0.3) is 0 Å². The van der Waals surface area contributed by atoms with Gasteiger partial charge in [-0.1, -0.05) is 13.8 Å². The lowest BCUT2D eigenvalue weighted by Gasteiger charge is -2.27. The lowest BCUT2D eigenvalue weighted by Crippen LogP contribution is -2.40. The largest absolute Gasteiger partial charge is 0.467 e.